The maximum Gasteiger partial charge on any atom is 0.353 e. The highest BCUT2D eigenvalue weighted by molar-refractivity contribution is 7.80. The standard InChI is InChI=1S/C12H13N5O5S/c1-7-3-4-10(16(19)20)11(17(21)22)9(7)5-6-13-12(23)15-14-8(2)18/h3-6H,1-2H3,(H,14,18)(H2,13,15,23). The first kappa shape index (κ1) is 18.0. The van der Waals surface area contributed by atoms with E-state index in [1.807, 2.05) is 0 Å². The van der Waals surface area contributed by atoms with Crippen molar-refractivity contribution in [3.05, 3.63) is 49.7 Å². The number of amides is 1. The number of nitrogens with zero attached hydrogens (tertiary/aromatic N) is 2. The van der Waals surface area contributed by atoms with E-state index in [2.05, 4.69) is 16.2 Å². The summed E-state index contributed by atoms with van der Waals surface area (Å²) in [4.78, 5) is 31.1. The van der Waals surface area contributed by atoms with Crippen LogP contribution in [-0.2, 0) is 4.79 Å². The molecule has 122 valence electrons. The summed E-state index contributed by atoms with van der Waals surface area (Å²) < 4.78 is 0. The molecular weight excluding hydrogens is 326 g/mol. The molecule has 0 saturated carbocycles. The number of carbonyl (C=O) groups excluding carboxylic acids is 1. The molecule has 11 heteroatoms. The average molecular weight is 339 g/mol. The highest BCUT2D eigenvalue weighted by Gasteiger charge is 2.28. The minimum atomic E-state index is -0.814. The van der Waals surface area contributed by atoms with Crippen LogP contribution in [0.3, 0.4) is 0 Å². The Morgan fingerprint density at radius 1 is 1.22 bits per heavy atom. The van der Waals surface area contributed by atoms with Crippen molar-refractivity contribution in [1.82, 2.24) is 16.2 Å². The number of aryl methyl sites for hydroxylation is 1. The van der Waals surface area contributed by atoms with E-state index in [9.17, 15) is 25.0 Å². The Morgan fingerprint density at radius 3 is 2.39 bits per heavy atom. The Bertz CT molecular complexity index is 703. The molecule has 3 N–H and O–H groups in total. The predicted molar refractivity (Wildman–Crippen MR) is 86.2 cm³/mol. The Balaban J connectivity index is 3.03. The molecule has 0 spiro atoms. The van der Waals surface area contributed by atoms with Crippen LogP contribution in [0.2, 0.25) is 0 Å². The molecule has 0 aliphatic heterocycles. The van der Waals surface area contributed by atoms with Crippen molar-refractivity contribution in [2.24, 2.45) is 0 Å². The average Bonchev–Trinajstić information content (AvgIpc) is 2.45. The smallest absolute Gasteiger partial charge is 0.338 e. The number of hydrogen-bond acceptors (Lipinski definition) is 6. The number of nitro groups is 2. The molecule has 0 radical (unpaired) electrons. The van der Waals surface area contributed by atoms with Crippen molar-refractivity contribution in [2.45, 2.75) is 13.8 Å². The fourth-order valence-electron chi connectivity index (χ4n) is 1.63. The number of hydrazine groups is 1. The fraction of sp³-hybridized carbons (Fsp3) is 0.167. The van der Waals surface area contributed by atoms with Crippen LogP contribution in [0.25, 0.3) is 6.08 Å². The third-order valence-corrected chi connectivity index (χ3v) is 2.83. The van der Waals surface area contributed by atoms with Gasteiger partial charge in [-0.3, -0.25) is 35.9 Å². The Labute approximate surface area is 135 Å². The summed E-state index contributed by atoms with van der Waals surface area (Å²) in [6, 6.07) is 2.50. The van der Waals surface area contributed by atoms with E-state index in [1.165, 1.54) is 25.3 Å². The lowest BCUT2D eigenvalue weighted by Crippen LogP contribution is -2.44. The molecule has 23 heavy (non-hydrogen) atoms. The van der Waals surface area contributed by atoms with Gasteiger partial charge in [0.25, 0.3) is 0 Å². The first-order valence-electron chi connectivity index (χ1n) is 6.16. The summed E-state index contributed by atoms with van der Waals surface area (Å²) in [5, 5.41) is 24.7. The van der Waals surface area contributed by atoms with Crippen molar-refractivity contribution < 1.29 is 14.6 Å². The molecule has 0 bridgehead atoms. The van der Waals surface area contributed by atoms with E-state index >= 15 is 0 Å². The first-order chi connectivity index (χ1) is 10.7. The van der Waals surface area contributed by atoms with E-state index < -0.39 is 21.2 Å². The minimum absolute atomic E-state index is 0.0437. The van der Waals surface area contributed by atoms with E-state index in [0.29, 0.717) is 5.56 Å². The third-order valence-electron chi connectivity index (χ3n) is 2.61. The zero-order valence-electron chi connectivity index (χ0n) is 12.2. The van der Waals surface area contributed by atoms with E-state index in [4.69, 9.17) is 12.2 Å². The minimum Gasteiger partial charge on any atom is -0.338 e. The zero-order chi connectivity index (χ0) is 17.6. The van der Waals surface area contributed by atoms with Gasteiger partial charge in [0.1, 0.15) is 0 Å². The van der Waals surface area contributed by atoms with Crippen LogP contribution in [-0.4, -0.2) is 20.9 Å². The number of hydrogen-bond donors (Lipinski definition) is 3. The molecule has 0 atom stereocenters. The molecule has 10 nitrogen and oxygen atoms in total. The van der Waals surface area contributed by atoms with Crippen molar-refractivity contribution in [1.29, 1.82) is 0 Å². The van der Waals surface area contributed by atoms with Gasteiger partial charge in [-0.05, 0) is 30.8 Å². The first-order valence-corrected chi connectivity index (χ1v) is 6.57. The summed E-state index contributed by atoms with van der Waals surface area (Å²) >= 11 is 4.84. The SMILES string of the molecule is CC(=O)NNC(=S)NC=Cc1c(C)ccc([N+](=O)[O-])c1[N+](=O)[O-]. The van der Waals surface area contributed by atoms with Crippen molar-refractivity contribution in [3.63, 3.8) is 0 Å². The normalized spacial score (nSPS) is 10.2. The fourth-order valence-corrected chi connectivity index (χ4v) is 1.75. The summed E-state index contributed by atoms with van der Waals surface area (Å²) in [5.41, 5.74) is 3.98. The second-order valence-electron chi connectivity index (χ2n) is 4.29. The van der Waals surface area contributed by atoms with E-state index in [0.717, 1.165) is 6.07 Å². The van der Waals surface area contributed by atoms with Gasteiger partial charge in [0.05, 0.1) is 15.4 Å². The van der Waals surface area contributed by atoms with Gasteiger partial charge in [-0.1, -0.05) is 6.07 Å². The molecule has 0 aromatic heterocycles. The molecule has 0 fully saturated rings. The van der Waals surface area contributed by atoms with Crippen molar-refractivity contribution in [2.75, 3.05) is 0 Å². The molecule has 0 aliphatic rings. The molecule has 0 unspecified atom stereocenters. The van der Waals surface area contributed by atoms with Gasteiger partial charge in [0.15, 0.2) is 5.11 Å². The van der Waals surface area contributed by atoms with Gasteiger partial charge in [0, 0.05) is 19.2 Å². The number of benzene rings is 1. The quantitative estimate of drug-likeness (QED) is 0.423. The highest BCUT2D eigenvalue weighted by atomic mass is 32.1. The van der Waals surface area contributed by atoms with Gasteiger partial charge in [-0.25, -0.2) is 0 Å². The lowest BCUT2D eigenvalue weighted by atomic mass is 10.1. The highest BCUT2D eigenvalue weighted by Crippen LogP contribution is 2.33. The number of thiocarbonyl (C=S) groups is 1. The Morgan fingerprint density at radius 2 is 1.87 bits per heavy atom. The summed E-state index contributed by atoms with van der Waals surface area (Å²) in [6.45, 7) is 2.87. The van der Waals surface area contributed by atoms with Gasteiger partial charge in [-0.15, -0.1) is 0 Å². The second kappa shape index (κ2) is 7.79. The molecule has 0 saturated heterocycles. The molecule has 0 heterocycles. The van der Waals surface area contributed by atoms with Gasteiger partial charge >= 0.3 is 11.4 Å². The molecule has 1 aromatic carbocycles. The van der Waals surface area contributed by atoms with Crippen LogP contribution in [0.1, 0.15) is 18.1 Å². The second-order valence-corrected chi connectivity index (χ2v) is 4.70. The molecule has 1 amide bonds. The zero-order valence-corrected chi connectivity index (χ0v) is 13.0. The molecular formula is C12H13N5O5S. The van der Waals surface area contributed by atoms with Crippen LogP contribution in [0.4, 0.5) is 11.4 Å². The number of nitrogens with one attached hydrogen (secondary N) is 3. The van der Waals surface area contributed by atoms with Crippen LogP contribution in [0.15, 0.2) is 18.3 Å². The molecule has 1 rings (SSSR count). The third kappa shape index (κ3) is 5.00. The lowest BCUT2D eigenvalue weighted by Gasteiger charge is -2.07. The van der Waals surface area contributed by atoms with Crippen LogP contribution in [0.5, 0.6) is 0 Å². The summed E-state index contributed by atoms with van der Waals surface area (Å²) in [6.07, 6.45) is 2.57. The number of carbonyl (C=O) groups is 1. The van der Waals surface area contributed by atoms with E-state index in [-0.39, 0.29) is 16.6 Å². The van der Waals surface area contributed by atoms with Crippen LogP contribution in [0, 0.1) is 27.2 Å². The largest absolute Gasteiger partial charge is 0.353 e. The molecule has 1 aromatic rings. The topological polar surface area (TPSA) is 139 Å². The monoisotopic (exact) mass is 339 g/mol. The van der Waals surface area contributed by atoms with Crippen molar-refractivity contribution >= 4 is 40.7 Å². The predicted octanol–water partition coefficient (Wildman–Crippen LogP) is 1.30. The van der Waals surface area contributed by atoms with Crippen LogP contribution < -0.4 is 16.2 Å². The maximum absolute atomic E-state index is 11.1. The number of rotatable bonds is 4. The lowest BCUT2D eigenvalue weighted by molar-refractivity contribution is -0.422. The summed E-state index contributed by atoms with van der Waals surface area (Å²) in [5.74, 6) is -0.358. The molecule has 0 aliphatic carbocycles. The number of nitro benzene ring substituents is 2. The van der Waals surface area contributed by atoms with Crippen LogP contribution >= 0.6 is 12.2 Å². The summed E-state index contributed by atoms with van der Waals surface area (Å²) in [7, 11) is 0. The van der Waals surface area contributed by atoms with Gasteiger partial charge in [0.2, 0.25) is 5.91 Å². The Kier molecular flexibility index (Phi) is 6.09. The van der Waals surface area contributed by atoms with Gasteiger partial charge in [-0.2, -0.15) is 0 Å². The van der Waals surface area contributed by atoms with Crippen molar-refractivity contribution in [3.8, 4) is 0 Å². The maximum atomic E-state index is 11.1. The van der Waals surface area contributed by atoms with Gasteiger partial charge < -0.3 is 5.32 Å². The van der Waals surface area contributed by atoms with E-state index in [1.54, 1.807) is 6.92 Å². The Hall–Kier alpha value is -3.08.